The number of nitrogens with zero attached hydrogens (tertiary/aromatic N) is 1. The Labute approximate surface area is 119 Å². The van der Waals surface area contributed by atoms with Gasteiger partial charge in [-0.1, -0.05) is 12.1 Å². The predicted molar refractivity (Wildman–Crippen MR) is 76.4 cm³/mol. The smallest absolute Gasteiger partial charge is 0.243 e. The van der Waals surface area contributed by atoms with E-state index < -0.39 is 10.0 Å². The van der Waals surface area contributed by atoms with E-state index in [0.29, 0.717) is 5.76 Å². The molecule has 2 rings (SSSR count). The summed E-state index contributed by atoms with van der Waals surface area (Å²) in [5, 5.41) is 0. The van der Waals surface area contributed by atoms with Crippen LogP contribution >= 0.6 is 0 Å². The van der Waals surface area contributed by atoms with Crippen LogP contribution in [-0.4, -0.2) is 19.8 Å². The zero-order valence-corrected chi connectivity index (χ0v) is 12.3. The van der Waals surface area contributed by atoms with Gasteiger partial charge in [0.1, 0.15) is 5.76 Å². The molecule has 1 aromatic carbocycles. The van der Waals surface area contributed by atoms with Gasteiger partial charge in [0.15, 0.2) is 0 Å². The molecule has 1 heterocycles. The van der Waals surface area contributed by atoms with Gasteiger partial charge in [-0.25, -0.2) is 8.42 Å². The van der Waals surface area contributed by atoms with E-state index >= 15 is 0 Å². The Morgan fingerprint density at radius 2 is 2.05 bits per heavy atom. The van der Waals surface area contributed by atoms with Crippen LogP contribution in [0, 0.1) is 0 Å². The lowest BCUT2D eigenvalue weighted by atomic mass is 10.1. The van der Waals surface area contributed by atoms with E-state index in [9.17, 15) is 8.42 Å². The lowest BCUT2D eigenvalue weighted by Gasteiger charge is -2.17. The molecule has 6 heteroatoms. The zero-order valence-electron chi connectivity index (χ0n) is 11.5. The molecule has 1 aromatic heterocycles. The molecule has 108 valence electrons. The van der Waals surface area contributed by atoms with Gasteiger partial charge in [0.05, 0.1) is 17.7 Å². The van der Waals surface area contributed by atoms with E-state index in [4.69, 9.17) is 10.2 Å². The number of rotatable bonds is 5. The summed E-state index contributed by atoms with van der Waals surface area (Å²) in [6.07, 6.45) is 1.52. The fourth-order valence-electron chi connectivity index (χ4n) is 1.85. The van der Waals surface area contributed by atoms with Crippen molar-refractivity contribution >= 4 is 10.0 Å². The predicted octanol–water partition coefficient (Wildman–Crippen LogP) is 2.12. The Hall–Kier alpha value is -1.63. The lowest BCUT2D eigenvalue weighted by molar-refractivity contribution is 0.406. The molecule has 2 N–H and O–H groups in total. The maximum atomic E-state index is 12.5. The highest BCUT2D eigenvalue weighted by atomic mass is 32.2. The number of sulfonamides is 1. The molecule has 1 atom stereocenters. The normalized spacial score (nSPS) is 13.6. The maximum Gasteiger partial charge on any atom is 0.243 e. The summed E-state index contributed by atoms with van der Waals surface area (Å²) in [5.41, 5.74) is 6.58. The highest BCUT2D eigenvalue weighted by molar-refractivity contribution is 7.89. The van der Waals surface area contributed by atoms with Gasteiger partial charge in [0.25, 0.3) is 0 Å². The molecular formula is C14H18N2O3S. The molecule has 5 nitrogen and oxygen atoms in total. The maximum absolute atomic E-state index is 12.5. The molecule has 0 aliphatic heterocycles. The molecule has 0 fully saturated rings. The van der Waals surface area contributed by atoms with E-state index in [1.807, 2.05) is 13.0 Å². The van der Waals surface area contributed by atoms with Gasteiger partial charge in [-0.05, 0) is 36.8 Å². The van der Waals surface area contributed by atoms with E-state index in [-0.39, 0.29) is 17.5 Å². The van der Waals surface area contributed by atoms with Crippen molar-refractivity contribution in [2.24, 2.45) is 5.73 Å². The molecule has 20 heavy (non-hydrogen) atoms. The first-order chi connectivity index (χ1) is 9.41. The monoisotopic (exact) mass is 294 g/mol. The van der Waals surface area contributed by atoms with Gasteiger partial charge in [0, 0.05) is 13.1 Å². The number of hydrogen-bond acceptors (Lipinski definition) is 4. The minimum absolute atomic E-state index is 0.192. The van der Waals surface area contributed by atoms with Crippen LogP contribution in [-0.2, 0) is 16.6 Å². The third kappa shape index (κ3) is 3.09. The fourth-order valence-corrected chi connectivity index (χ4v) is 3.04. The Kier molecular flexibility index (Phi) is 4.27. The summed E-state index contributed by atoms with van der Waals surface area (Å²) < 4.78 is 31.4. The molecule has 0 aliphatic rings. The summed E-state index contributed by atoms with van der Waals surface area (Å²) >= 11 is 0. The van der Waals surface area contributed by atoms with Crippen molar-refractivity contribution in [3.8, 4) is 0 Å². The van der Waals surface area contributed by atoms with Crippen molar-refractivity contribution in [2.75, 3.05) is 7.05 Å². The van der Waals surface area contributed by atoms with Crippen LogP contribution in [0.25, 0.3) is 0 Å². The van der Waals surface area contributed by atoms with Crippen LogP contribution in [0.15, 0.2) is 52.0 Å². The van der Waals surface area contributed by atoms with Gasteiger partial charge >= 0.3 is 0 Å². The zero-order chi connectivity index (χ0) is 14.8. The standard InChI is InChI=1S/C14H18N2O3S/c1-11(15)12-5-3-7-14(9-12)20(17,18)16(2)10-13-6-4-8-19-13/h3-9,11H,10,15H2,1-2H3. The quantitative estimate of drug-likeness (QED) is 0.916. The largest absolute Gasteiger partial charge is 0.468 e. The van der Waals surface area contributed by atoms with E-state index in [2.05, 4.69) is 0 Å². The van der Waals surface area contributed by atoms with Crippen molar-refractivity contribution in [2.45, 2.75) is 24.4 Å². The number of hydrogen-bond donors (Lipinski definition) is 1. The lowest BCUT2D eigenvalue weighted by Crippen LogP contribution is -2.26. The van der Waals surface area contributed by atoms with Gasteiger partial charge in [0.2, 0.25) is 10.0 Å². The topological polar surface area (TPSA) is 76.5 Å². The first-order valence-electron chi connectivity index (χ1n) is 6.25. The summed E-state index contributed by atoms with van der Waals surface area (Å²) in [7, 11) is -2.03. The molecule has 0 saturated carbocycles. The summed E-state index contributed by atoms with van der Waals surface area (Å²) in [6.45, 7) is 2.01. The first kappa shape index (κ1) is 14.8. The Morgan fingerprint density at radius 1 is 1.30 bits per heavy atom. The molecule has 0 saturated heterocycles. The minimum Gasteiger partial charge on any atom is -0.468 e. The van der Waals surface area contributed by atoms with E-state index in [0.717, 1.165) is 5.56 Å². The Balaban J connectivity index is 2.27. The van der Waals surface area contributed by atoms with E-state index in [1.54, 1.807) is 30.3 Å². The van der Waals surface area contributed by atoms with Crippen LogP contribution in [0.5, 0.6) is 0 Å². The van der Waals surface area contributed by atoms with Crippen LogP contribution in [0.3, 0.4) is 0 Å². The highest BCUT2D eigenvalue weighted by Gasteiger charge is 2.22. The molecule has 0 amide bonds. The minimum atomic E-state index is -3.55. The van der Waals surface area contributed by atoms with Crippen molar-refractivity contribution < 1.29 is 12.8 Å². The third-order valence-electron chi connectivity index (χ3n) is 3.05. The van der Waals surface area contributed by atoms with Crippen molar-refractivity contribution in [1.29, 1.82) is 0 Å². The van der Waals surface area contributed by atoms with E-state index in [1.165, 1.54) is 17.6 Å². The molecule has 0 bridgehead atoms. The second kappa shape index (κ2) is 5.78. The number of furan rings is 1. The molecule has 0 aliphatic carbocycles. The second-order valence-electron chi connectivity index (χ2n) is 4.70. The van der Waals surface area contributed by atoms with Crippen LogP contribution in [0.4, 0.5) is 0 Å². The van der Waals surface area contributed by atoms with Crippen LogP contribution < -0.4 is 5.73 Å². The second-order valence-corrected chi connectivity index (χ2v) is 6.75. The molecular weight excluding hydrogens is 276 g/mol. The molecule has 0 spiro atoms. The van der Waals surface area contributed by atoms with Crippen molar-refractivity contribution in [1.82, 2.24) is 4.31 Å². The van der Waals surface area contributed by atoms with Crippen molar-refractivity contribution in [3.05, 3.63) is 54.0 Å². The third-order valence-corrected chi connectivity index (χ3v) is 4.85. The molecule has 2 aromatic rings. The summed E-state index contributed by atoms with van der Waals surface area (Å²) in [6, 6.07) is 9.96. The average Bonchev–Trinajstić information content (AvgIpc) is 2.91. The summed E-state index contributed by atoms with van der Waals surface area (Å²) in [4.78, 5) is 0.237. The SMILES string of the molecule is CC(N)c1cccc(S(=O)(=O)N(C)Cc2ccco2)c1. The fraction of sp³-hybridized carbons (Fsp3) is 0.286. The Morgan fingerprint density at radius 3 is 2.65 bits per heavy atom. The number of benzene rings is 1. The van der Waals surface area contributed by atoms with Gasteiger partial charge < -0.3 is 10.2 Å². The van der Waals surface area contributed by atoms with Gasteiger partial charge in [-0.2, -0.15) is 4.31 Å². The molecule has 1 unspecified atom stereocenters. The first-order valence-corrected chi connectivity index (χ1v) is 7.69. The summed E-state index contributed by atoms with van der Waals surface area (Å²) in [5.74, 6) is 0.597. The van der Waals surface area contributed by atoms with Crippen molar-refractivity contribution in [3.63, 3.8) is 0 Å². The van der Waals surface area contributed by atoms with Crippen LogP contribution in [0.1, 0.15) is 24.3 Å². The van der Waals surface area contributed by atoms with Gasteiger partial charge in [-0.3, -0.25) is 0 Å². The highest BCUT2D eigenvalue weighted by Crippen LogP contribution is 2.20. The Bertz CT molecular complexity index is 663. The van der Waals surface area contributed by atoms with Gasteiger partial charge in [-0.15, -0.1) is 0 Å². The average molecular weight is 294 g/mol. The number of nitrogens with two attached hydrogens (primary N) is 1. The molecule has 0 radical (unpaired) electrons. The van der Waals surface area contributed by atoms with Crippen LogP contribution in [0.2, 0.25) is 0 Å².